The molecule has 5 saturated heterocycles. The molecule has 8 rings (SSSR count). The van der Waals surface area contributed by atoms with Gasteiger partial charge >= 0.3 is 0 Å². The predicted octanol–water partition coefficient (Wildman–Crippen LogP) is 3.63. The van der Waals surface area contributed by atoms with E-state index in [-0.39, 0.29) is 41.8 Å². The average molecular weight is 666 g/mol. The van der Waals surface area contributed by atoms with Gasteiger partial charge in [-0.3, -0.25) is 9.59 Å². The molecule has 2 amide bonds. The maximum absolute atomic E-state index is 15.2. The number of benzene rings is 1. The summed E-state index contributed by atoms with van der Waals surface area (Å²) in [6, 6.07) is 8.58. The second kappa shape index (κ2) is 15.0. The first kappa shape index (κ1) is 34.3. The molecule has 1 spiro atoms. The molecule has 1 aromatic carbocycles. The van der Waals surface area contributed by atoms with Gasteiger partial charge in [0.15, 0.2) is 0 Å². The molecule has 10 heteroatoms. The van der Waals surface area contributed by atoms with Crippen molar-refractivity contribution in [1.82, 2.24) is 25.8 Å². The van der Waals surface area contributed by atoms with Crippen molar-refractivity contribution in [2.45, 2.75) is 132 Å². The summed E-state index contributed by atoms with van der Waals surface area (Å²) in [6.45, 7) is 4.83. The number of hydrogen-bond acceptors (Lipinski definition) is 7. The Morgan fingerprint density at radius 3 is 2.27 bits per heavy atom. The van der Waals surface area contributed by atoms with Crippen molar-refractivity contribution >= 4 is 11.8 Å². The van der Waals surface area contributed by atoms with E-state index in [0.29, 0.717) is 31.0 Å². The van der Waals surface area contributed by atoms with E-state index in [4.69, 9.17) is 11.5 Å². The van der Waals surface area contributed by atoms with Gasteiger partial charge in [0.25, 0.3) is 5.91 Å². The minimum Gasteiger partial charge on any atom is -0.351 e. The van der Waals surface area contributed by atoms with Gasteiger partial charge in [-0.15, -0.1) is 0 Å². The molecule has 266 valence electrons. The number of alkyl halides is 1. The number of piperidine rings is 2. The highest BCUT2D eigenvalue weighted by Crippen LogP contribution is 2.46. The summed E-state index contributed by atoms with van der Waals surface area (Å²) in [5, 5.41) is 10.6. The predicted molar refractivity (Wildman–Crippen MR) is 187 cm³/mol. The number of carbonyl (C=O) groups is 2. The monoisotopic (exact) mass is 665 g/mol. The molecule has 9 nitrogen and oxygen atoms in total. The summed E-state index contributed by atoms with van der Waals surface area (Å²) >= 11 is 0. The normalized spacial score (nSPS) is 34.9. The van der Waals surface area contributed by atoms with Crippen molar-refractivity contribution in [3.05, 3.63) is 35.4 Å². The van der Waals surface area contributed by atoms with Gasteiger partial charge < -0.3 is 37.2 Å². The number of rotatable bonds is 7. The Kier molecular flexibility index (Phi) is 10.7. The van der Waals surface area contributed by atoms with Gasteiger partial charge in [-0.2, -0.15) is 0 Å². The number of nitrogens with zero attached hydrogens (tertiary/aromatic N) is 2. The lowest BCUT2D eigenvalue weighted by Gasteiger charge is -2.44. The van der Waals surface area contributed by atoms with E-state index >= 15 is 4.39 Å². The van der Waals surface area contributed by atoms with Crippen LogP contribution in [-0.2, 0) is 4.79 Å². The highest BCUT2D eigenvalue weighted by atomic mass is 19.1. The Balaban J connectivity index is 1.08. The van der Waals surface area contributed by atoms with Gasteiger partial charge in [-0.1, -0.05) is 44.2 Å². The van der Waals surface area contributed by atoms with Crippen molar-refractivity contribution in [3.63, 3.8) is 0 Å². The summed E-state index contributed by atoms with van der Waals surface area (Å²) in [5.41, 5.74) is 14.6. The highest BCUT2D eigenvalue weighted by molar-refractivity contribution is 5.94. The molecule has 0 radical (unpaired) electrons. The fraction of sp³-hybridized carbons (Fsp3) is 0.789. The van der Waals surface area contributed by atoms with Crippen molar-refractivity contribution < 1.29 is 14.0 Å². The fourth-order valence-corrected chi connectivity index (χ4v) is 10.3. The van der Waals surface area contributed by atoms with E-state index in [2.05, 4.69) is 37.9 Å². The van der Waals surface area contributed by atoms with Gasteiger partial charge in [-0.05, 0) is 86.8 Å². The van der Waals surface area contributed by atoms with Crippen LogP contribution < -0.4 is 27.4 Å². The molecule has 6 unspecified atom stereocenters. The second-order valence-electron chi connectivity index (χ2n) is 16.4. The molecule has 48 heavy (non-hydrogen) atoms. The van der Waals surface area contributed by atoms with E-state index in [9.17, 15) is 9.59 Å². The summed E-state index contributed by atoms with van der Waals surface area (Å²) in [4.78, 5) is 32.5. The van der Waals surface area contributed by atoms with Crippen molar-refractivity contribution in [1.29, 1.82) is 0 Å². The van der Waals surface area contributed by atoms with Crippen LogP contribution in [-0.4, -0.2) is 97.4 Å². The van der Waals surface area contributed by atoms with Crippen molar-refractivity contribution in [2.24, 2.45) is 28.7 Å². The van der Waals surface area contributed by atoms with Crippen LogP contribution in [0.3, 0.4) is 0 Å². The minimum atomic E-state index is -0.928. The smallest absolute Gasteiger partial charge is 0.254 e. The first-order valence-electron chi connectivity index (χ1n) is 19.3. The fourth-order valence-electron chi connectivity index (χ4n) is 10.3. The number of hydrogen-bond donors (Lipinski definition) is 5. The Morgan fingerprint density at radius 2 is 1.60 bits per heavy atom. The SMILES string of the molecule is NC(N)C(C(=O)NC1CNC(C2CCC2)CC1c1ccc(C(=O)N2CCN3CCC2CC3)cc1)C1CC2(CCCCCC2)CC(F)CN1. The lowest BCUT2D eigenvalue weighted by molar-refractivity contribution is -0.128. The summed E-state index contributed by atoms with van der Waals surface area (Å²) in [7, 11) is 0. The van der Waals surface area contributed by atoms with Crippen LogP contribution in [0.2, 0.25) is 0 Å². The zero-order chi connectivity index (χ0) is 33.3. The molecule has 7 fully saturated rings. The lowest BCUT2D eigenvalue weighted by Crippen LogP contribution is -2.61. The molecule has 0 aromatic heterocycles. The molecule has 7 aliphatic rings. The minimum absolute atomic E-state index is 0.103. The third kappa shape index (κ3) is 7.48. The quantitative estimate of drug-likeness (QED) is 0.282. The van der Waals surface area contributed by atoms with E-state index in [1.807, 2.05) is 12.1 Å². The van der Waals surface area contributed by atoms with Gasteiger partial charge in [0.1, 0.15) is 6.17 Å². The van der Waals surface area contributed by atoms with Crippen LogP contribution in [0.15, 0.2) is 24.3 Å². The largest absolute Gasteiger partial charge is 0.351 e. The van der Waals surface area contributed by atoms with Crippen molar-refractivity contribution in [3.8, 4) is 0 Å². The summed E-state index contributed by atoms with van der Waals surface area (Å²) < 4.78 is 15.2. The number of halogens is 1. The zero-order valence-electron chi connectivity index (χ0n) is 28.9. The van der Waals surface area contributed by atoms with E-state index in [0.717, 1.165) is 88.7 Å². The molecule has 7 N–H and O–H groups in total. The molecule has 5 aliphatic heterocycles. The van der Waals surface area contributed by atoms with Crippen LogP contribution in [0, 0.1) is 17.3 Å². The molecule has 6 atom stereocenters. The van der Waals surface area contributed by atoms with E-state index in [1.54, 1.807) is 0 Å². The topological polar surface area (TPSA) is 129 Å². The number of nitrogens with one attached hydrogen (secondary N) is 3. The van der Waals surface area contributed by atoms with E-state index < -0.39 is 18.3 Å². The summed E-state index contributed by atoms with van der Waals surface area (Å²) in [6.07, 6.45) is 13.0. The number of nitrogens with two attached hydrogens (primary N) is 2. The summed E-state index contributed by atoms with van der Waals surface area (Å²) in [5.74, 6) is 0.118. The van der Waals surface area contributed by atoms with Gasteiger partial charge in [0, 0.05) is 74.9 Å². The van der Waals surface area contributed by atoms with Crippen LogP contribution >= 0.6 is 0 Å². The average Bonchev–Trinajstić information content (AvgIpc) is 3.55. The molecular weight excluding hydrogens is 605 g/mol. The van der Waals surface area contributed by atoms with Crippen LogP contribution in [0.1, 0.15) is 112 Å². The molecule has 2 saturated carbocycles. The molecule has 5 heterocycles. The van der Waals surface area contributed by atoms with Gasteiger partial charge in [0.2, 0.25) is 5.91 Å². The first-order valence-corrected chi connectivity index (χ1v) is 19.3. The number of carbonyl (C=O) groups excluding carboxylic acids is 2. The number of fused-ring (bicyclic) bond motifs is 4. The van der Waals surface area contributed by atoms with Crippen LogP contribution in [0.5, 0.6) is 0 Å². The van der Waals surface area contributed by atoms with Crippen LogP contribution in [0.25, 0.3) is 0 Å². The maximum Gasteiger partial charge on any atom is 0.254 e. The highest BCUT2D eigenvalue weighted by Gasteiger charge is 2.45. The molecular formula is C38H60FN7O2. The van der Waals surface area contributed by atoms with Crippen LogP contribution in [0.4, 0.5) is 4.39 Å². The van der Waals surface area contributed by atoms with Gasteiger partial charge in [0.05, 0.1) is 12.1 Å². The third-order valence-electron chi connectivity index (χ3n) is 13.4. The Morgan fingerprint density at radius 1 is 0.875 bits per heavy atom. The van der Waals surface area contributed by atoms with Crippen molar-refractivity contribution in [2.75, 3.05) is 39.3 Å². The lowest BCUT2D eigenvalue weighted by atomic mass is 9.70. The molecule has 1 aromatic rings. The standard InChI is InChI=1S/C38H60FN7O2/c39-28-21-38(14-3-1-2-4-15-38)22-32(42-23-28)34(35(40)41)36(47)44-33-24-43-31(26-6-5-7-26)20-30(33)25-8-10-27(11-9-25)37(48)46-19-18-45-16-12-29(46)13-17-45/h8-11,26,28-35,42-43H,1-7,12-24,40-41H2,(H,44,47). The second-order valence-corrected chi connectivity index (χ2v) is 16.4. The van der Waals surface area contributed by atoms with E-state index in [1.165, 1.54) is 32.1 Å². The van der Waals surface area contributed by atoms with Gasteiger partial charge in [-0.25, -0.2) is 4.39 Å². The number of amides is 2. The Bertz CT molecular complexity index is 1240. The first-order chi connectivity index (χ1) is 23.3. The zero-order valence-corrected chi connectivity index (χ0v) is 28.9. The Labute approximate surface area is 286 Å². The Hall–Kier alpha value is -2.11. The molecule has 2 aliphatic carbocycles. The maximum atomic E-state index is 15.2. The molecule has 2 bridgehead atoms. The third-order valence-corrected chi connectivity index (χ3v) is 13.4.